The quantitative estimate of drug-likeness (QED) is 0.479. The fraction of sp³-hybridized carbons (Fsp3) is 0.348. The summed E-state index contributed by atoms with van der Waals surface area (Å²) in [5.74, 6) is -0.578. The van der Waals surface area contributed by atoms with E-state index < -0.39 is 24.3 Å². The molecule has 0 unspecified atom stereocenters. The van der Waals surface area contributed by atoms with Gasteiger partial charge in [-0.25, -0.2) is 13.2 Å². The van der Waals surface area contributed by atoms with Crippen LogP contribution in [0, 0.1) is 0 Å². The third-order valence-corrected chi connectivity index (χ3v) is 7.26. The molecule has 2 saturated heterocycles. The molecule has 5 rings (SSSR count). The van der Waals surface area contributed by atoms with Gasteiger partial charge in [-0.3, -0.25) is 19.5 Å². The normalized spacial score (nSPS) is 20.8. The molecule has 11 heteroatoms. The number of pyridine rings is 1. The lowest BCUT2D eigenvalue weighted by atomic mass is 10.0. The van der Waals surface area contributed by atoms with Crippen molar-refractivity contribution in [3.05, 3.63) is 45.9 Å². The van der Waals surface area contributed by atoms with Crippen molar-refractivity contribution in [2.45, 2.75) is 38.1 Å². The molecule has 2 aromatic heterocycles. The molecular formula is C23H19ClF3N3O3S. The van der Waals surface area contributed by atoms with Crippen LogP contribution in [0.2, 0.25) is 5.02 Å². The summed E-state index contributed by atoms with van der Waals surface area (Å²) in [7, 11) is 0. The summed E-state index contributed by atoms with van der Waals surface area (Å²) in [5.41, 5.74) is 1.00. The maximum absolute atomic E-state index is 14.3. The van der Waals surface area contributed by atoms with E-state index in [4.69, 9.17) is 16.3 Å². The van der Waals surface area contributed by atoms with Gasteiger partial charge in [0.25, 0.3) is 6.43 Å². The van der Waals surface area contributed by atoms with Crippen LogP contribution in [0.5, 0.6) is 5.75 Å². The Balaban J connectivity index is 1.60. The highest BCUT2D eigenvalue weighted by Gasteiger charge is 2.32. The average Bonchev–Trinajstić information content (AvgIpc) is 3.49. The Morgan fingerprint density at radius 3 is 2.62 bits per heavy atom. The van der Waals surface area contributed by atoms with Crippen molar-refractivity contribution in [3.8, 4) is 16.9 Å². The summed E-state index contributed by atoms with van der Waals surface area (Å²) in [4.78, 5) is 30.3. The maximum Gasteiger partial charge on any atom is 0.267 e. The fourth-order valence-corrected chi connectivity index (χ4v) is 5.59. The van der Waals surface area contributed by atoms with Crippen molar-refractivity contribution in [2.75, 3.05) is 13.1 Å². The van der Waals surface area contributed by atoms with Crippen LogP contribution in [0.1, 0.15) is 29.7 Å². The SMILES string of the molecule is O=C1CCC(=O)N1Cc1cc2nccc(-c3cc(Cl)cc(C(F)F)c3O[C@@H]3CNC[C@@H]3F)c2s1. The van der Waals surface area contributed by atoms with Crippen LogP contribution in [0.4, 0.5) is 13.2 Å². The van der Waals surface area contributed by atoms with Crippen LogP contribution < -0.4 is 10.1 Å². The standard InChI is InChI=1S/C23H19ClF3N3O3S/c24-11-5-14(21(15(6-11)23(26)27)33-18-9-28-8-16(18)25)13-3-4-29-17-7-12(34-22(13)17)10-30-19(31)1-2-20(30)32/h3-7,16,18,23,28H,1-2,8-10H2/t16-,18+/m0/s1. The highest BCUT2D eigenvalue weighted by Crippen LogP contribution is 2.45. The number of alkyl halides is 3. The molecule has 2 aliphatic rings. The van der Waals surface area contributed by atoms with E-state index in [1.165, 1.54) is 28.5 Å². The first-order valence-corrected chi connectivity index (χ1v) is 11.8. The first-order chi connectivity index (χ1) is 16.3. The summed E-state index contributed by atoms with van der Waals surface area (Å²) in [6, 6.07) is 6.06. The van der Waals surface area contributed by atoms with Gasteiger partial charge in [0, 0.05) is 53.2 Å². The van der Waals surface area contributed by atoms with Crippen LogP contribution in [0.15, 0.2) is 30.5 Å². The maximum atomic E-state index is 14.3. The Morgan fingerprint density at radius 2 is 1.94 bits per heavy atom. The van der Waals surface area contributed by atoms with Crippen molar-refractivity contribution in [2.24, 2.45) is 0 Å². The van der Waals surface area contributed by atoms with Crippen molar-refractivity contribution in [1.29, 1.82) is 0 Å². The monoisotopic (exact) mass is 509 g/mol. The Morgan fingerprint density at radius 1 is 1.18 bits per heavy atom. The average molecular weight is 510 g/mol. The van der Waals surface area contributed by atoms with Gasteiger partial charge in [0.15, 0.2) is 6.17 Å². The number of nitrogens with zero attached hydrogens (tertiary/aromatic N) is 2. The van der Waals surface area contributed by atoms with E-state index in [9.17, 15) is 22.8 Å². The molecule has 2 fully saturated rings. The largest absolute Gasteiger partial charge is 0.485 e. The molecule has 0 bridgehead atoms. The van der Waals surface area contributed by atoms with E-state index in [2.05, 4.69) is 10.3 Å². The second kappa shape index (κ2) is 9.16. The van der Waals surface area contributed by atoms with Gasteiger partial charge in [0.1, 0.15) is 11.9 Å². The molecule has 0 radical (unpaired) electrons. The Hall–Kier alpha value is -2.69. The minimum absolute atomic E-state index is 0.0827. The number of fused-ring (bicyclic) bond motifs is 1. The van der Waals surface area contributed by atoms with Gasteiger partial charge >= 0.3 is 0 Å². The number of hydrogen-bond donors (Lipinski definition) is 1. The number of nitrogens with one attached hydrogen (secondary N) is 1. The summed E-state index contributed by atoms with van der Waals surface area (Å²) in [6.45, 7) is 0.397. The number of rotatable bonds is 6. The van der Waals surface area contributed by atoms with Crippen LogP contribution in [-0.4, -0.2) is 47.1 Å². The summed E-state index contributed by atoms with van der Waals surface area (Å²) in [5, 5.41) is 2.95. The minimum Gasteiger partial charge on any atom is -0.485 e. The topological polar surface area (TPSA) is 71.5 Å². The molecule has 2 amide bonds. The third kappa shape index (κ3) is 4.25. The summed E-state index contributed by atoms with van der Waals surface area (Å²) < 4.78 is 48.7. The molecule has 0 spiro atoms. The predicted molar refractivity (Wildman–Crippen MR) is 122 cm³/mol. The molecule has 2 atom stereocenters. The zero-order valence-corrected chi connectivity index (χ0v) is 19.3. The van der Waals surface area contributed by atoms with Gasteiger partial charge in [-0.2, -0.15) is 0 Å². The van der Waals surface area contributed by atoms with E-state index in [1.807, 2.05) is 0 Å². The Bertz CT molecular complexity index is 1270. The summed E-state index contributed by atoms with van der Waals surface area (Å²) in [6.07, 6.45) is -3.22. The van der Waals surface area contributed by atoms with Gasteiger partial charge in [-0.1, -0.05) is 11.6 Å². The first kappa shape index (κ1) is 23.1. The van der Waals surface area contributed by atoms with Crippen LogP contribution in [0.3, 0.4) is 0 Å². The lowest BCUT2D eigenvalue weighted by molar-refractivity contribution is -0.138. The van der Waals surface area contributed by atoms with E-state index in [-0.39, 0.29) is 55.1 Å². The van der Waals surface area contributed by atoms with Crippen LogP contribution in [-0.2, 0) is 16.1 Å². The first-order valence-electron chi connectivity index (χ1n) is 10.7. The van der Waals surface area contributed by atoms with Crippen molar-refractivity contribution in [3.63, 3.8) is 0 Å². The highest BCUT2D eigenvalue weighted by atomic mass is 35.5. The number of likely N-dealkylation sites (tertiary alicyclic amines) is 1. The lowest BCUT2D eigenvalue weighted by Gasteiger charge is -2.21. The Labute approximate surface area is 201 Å². The zero-order chi connectivity index (χ0) is 24.0. The Kier molecular flexibility index (Phi) is 6.22. The third-order valence-electron chi connectivity index (χ3n) is 5.90. The zero-order valence-electron chi connectivity index (χ0n) is 17.7. The minimum atomic E-state index is -2.89. The number of amides is 2. The smallest absolute Gasteiger partial charge is 0.267 e. The number of benzene rings is 1. The number of carbonyl (C=O) groups excluding carboxylic acids is 2. The molecule has 178 valence electrons. The molecule has 0 aliphatic carbocycles. The number of ether oxygens (including phenoxy) is 1. The van der Waals surface area contributed by atoms with Crippen molar-refractivity contribution >= 4 is 45.0 Å². The number of carbonyl (C=O) groups is 2. The molecule has 34 heavy (non-hydrogen) atoms. The van der Waals surface area contributed by atoms with Crippen LogP contribution in [0.25, 0.3) is 21.3 Å². The molecule has 4 heterocycles. The van der Waals surface area contributed by atoms with Gasteiger partial charge < -0.3 is 10.1 Å². The number of thiophene rings is 1. The van der Waals surface area contributed by atoms with Gasteiger partial charge in [0.2, 0.25) is 11.8 Å². The van der Waals surface area contributed by atoms with E-state index in [0.29, 0.717) is 21.3 Å². The number of imide groups is 1. The second-order valence-electron chi connectivity index (χ2n) is 8.16. The van der Waals surface area contributed by atoms with Crippen molar-refractivity contribution < 1.29 is 27.5 Å². The van der Waals surface area contributed by atoms with Gasteiger partial charge in [-0.15, -0.1) is 11.3 Å². The molecule has 1 N–H and O–H groups in total. The van der Waals surface area contributed by atoms with E-state index in [0.717, 1.165) is 10.9 Å². The number of aromatic nitrogens is 1. The molecule has 0 saturated carbocycles. The highest BCUT2D eigenvalue weighted by molar-refractivity contribution is 7.19. The molecule has 6 nitrogen and oxygen atoms in total. The molecule has 3 aromatic rings. The second-order valence-corrected chi connectivity index (χ2v) is 9.74. The van der Waals surface area contributed by atoms with Gasteiger partial charge in [-0.05, 0) is 24.3 Å². The molecule has 2 aliphatic heterocycles. The lowest BCUT2D eigenvalue weighted by Crippen LogP contribution is -2.27. The molecule has 1 aromatic carbocycles. The predicted octanol–water partition coefficient (Wildman–Crippen LogP) is 4.89. The van der Waals surface area contributed by atoms with E-state index >= 15 is 0 Å². The van der Waals surface area contributed by atoms with Gasteiger partial charge in [0.05, 0.1) is 22.3 Å². The summed E-state index contributed by atoms with van der Waals surface area (Å²) >= 11 is 7.49. The number of halogens is 4. The van der Waals surface area contributed by atoms with Crippen LogP contribution >= 0.6 is 22.9 Å². The van der Waals surface area contributed by atoms with E-state index in [1.54, 1.807) is 12.1 Å². The molecular weight excluding hydrogens is 491 g/mol. The number of hydrogen-bond acceptors (Lipinski definition) is 6. The fourth-order valence-electron chi connectivity index (χ4n) is 4.23. The van der Waals surface area contributed by atoms with Crippen molar-refractivity contribution in [1.82, 2.24) is 15.2 Å².